The van der Waals surface area contributed by atoms with Gasteiger partial charge < -0.3 is 30.3 Å². The second-order valence-corrected chi connectivity index (χ2v) is 14.7. The van der Waals surface area contributed by atoms with Gasteiger partial charge in [-0.15, -0.1) is 0 Å². The zero-order chi connectivity index (χ0) is 41.8. The molecule has 6 aromatic rings. The minimum absolute atomic E-state index is 0.0728. The highest BCUT2D eigenvalue weighted by Gasteiger charge is 2.24. The van der Waals surface area contributed by atoms with Crippen LogP contribution in [0.5, 0.6) is 23.0 Å². The number of phenolic OH excluding ortho intramolecular Hbond substituents is 2. The maximum atomic E-state index is 12.3. The number of benzene rings is 4. The first kappa shape index (κ1) is 41.3. The largest absolute Gasteiger partial charge is 0.507 e. The first-order valence-electron chi connectivity index (χ1n) is 19.9. The number of fused-ring (bicyclic) bond motifs is 8. The van der Waals surface area contributed by atoms with Crippen LogP contribution in [0.25, 0.3) is 0 Å². The number of nitro groups is 2. The Balaban J connectivity index is 1.23. The molecule has 14 nitrogen and oxygen atoms in total. The first-order chi connectivity index (χ1) is 29.2. The Morgan fingerprint density at radius 2 is 0.900 bits per heavy atom. The molecule has 0 amide bonds. The standard InChI is InChI=1S/C46H46N6O8/c53-43-35-21-31-9-5-10-32(45(31)59-19-7-15-47-29-39-13-1-3-17-49-39)22-36-26-42(52(57)58)28-38(44(36)54)24-34-12-6-11-33(23-37(43)27-41(25-35)51(55)56)46(34)60-20-8-16-48-30-40-14-2-4-18-50-40/h1-6,9-14,17-18,25-28,47-48,53-54H,7-8,15-16,19-24,29-30H2. The van der Waals surface area contributed by atoms with E-state index in [1.165, 1.54) is 24.3 Å². The van der Waals surface area contributed by atoms with Gasteiger partial charge in [0.15, 0.2) is 0 Å². The summed E-state index contributed by atoms with van der Waals surface area (Å²) in [6.45, 7) is 3.05. The van der Waals surface area contributed by atoms with Crippen molar-refractivity contribution in [3.05, 3.63) is 186 Å². The summed E-state index contributed by atoms with van der Waals surface area (Å²) < 4.78 is 12.9. The summed E-state index contributed by atoms with van der Waals surface area (Å²) in [5.74, 6) is 0.807. The molecule has 8 bridgehead atoms. The minimum atomic E-state index is -0.468. The van der Waals surface area contributed by atoms with E-state index in [0.29, 0.717) is 108 Å². The molecule has 1 aliphatic carbocycles. The fraction of sp³-hybridized carbons (Fsp3) is 0.261. The van der Waals surface area contributed by atoms with Crippen LogP contribution in [0.2, 0.25) is 0 Å². The van der Waals surface area contributed by atoms with Crippen molar-refractivity contribution >= 4 is 11.4 Å². The number of ether oxygens (including phenoxy) is 2. The molecule has 4 aromatic carbocycles. The Bertz CT molecular complexity index is 2190. The van der Waals surface area contributed by atoms with Crippen molar-refractivity contribution in [2.45, 2.75) is 51.6 Å². The molecule has 2 aromatic heterocycles. The van der Waals surface area contributed by atoms with Gasteiger partial charge in [0.25, 0.3) is 11.4 Å². The Kier molecular flexibility index (Phi) is 13.5. The second-order valence-electron chi connectivity index (χ2n) is 14.7. The molecule has 0 unspecified atom stereocenters. The molecular formula is C46H46N6O8. The lowest BCUT2D eigenvalue weighted by atomic mass is 9.91. The third kappa shape index (κ3) is 10.4. The fourth-order valence-corrected chi connectivity index (χ4v) is 7.44. The number of nitrogens with zero attached hydrogens (tertiary/aromatic N) is 4. The number of para-hydroxylation sites is 2. The van der Waals surface area contributed by atoms with Crippen molar-refractivity contribution < 1.29 is 29.5 Å². The van der Waals surface area contributed by atoms with Gasteiger partial charge in [-0.3, -0.25) is 30.2 Å². The molecular weight excluding hydrogens is 765 g/mol. The van der Waals surface area contributed by atoms with E-state index in [4.69, 9.17) is 9.47 Å². The van der Waals surface area contributed by atoms with Crippen LogP contribution in [0.1, 0.15) is 68.7 Å². The van der Waals surface area contributed by atoms with Crippen LogP contribution in [0.15, 0.2) is 109 Å². The number of non-ortho nitro benzene ring substituents is 2. The highest BCUT2D eigenvalue weighted by molar-refractivity contribution is 5.59. The lowest BCUT2D eigenvalue weighted by Gasteiger charge is -2.20. The minimum Gasteiger partial charge on any atom is -0.507 e. The zero-order valence-electron chi connectivity index (χ0n) is 33.0. The van der Waals surface area contributed by atoms with Gasteiger partial charge in [0.1, 0.15) is 23.0 Å². The van der Waals surface area contributed by atoms with Gasteiger partial charge in [-0.05, 0) is 72.5 Å². The van der Waals surface area contributed by atoms with Crippen molar-refractivity contribution in [1.29, 1.82) is 0 Å². The molecule has 60 heavy (non-hydrogen) atoms. The van der Waals surface area contributed by atoms with Crippen LogP contribution in [0, 0.1) is 20.2 Å². The smallest absolute Gasteiger partial charge is 0.270 e. The van der Waals surface area contributed by atoms with E-state index in [2.05, 4.69) is 20.6 Å². The zero-order valence-corrected chi connectivity index (χ0v) is 33.0. The summed E-state index contributed by atoms with van der Waals surface area (Å²) in [6.07, 6.45) is 5.08. The fourth-order valence-electron chi connectivity index (χ4n) is 7.44. The number of aromatic nitrogens is 2. The quantitative estimate of drug-likeness (QED) is 0.0427. The van der Waals surface area contributed by atoms with Crippen LogP contribution >= 0.6 is 0 Å². The molecule has 0 aliphatic heterocycles. The van der Waals surface area contributed by atoms with Crippen molar-refractivity contribution in [2.24, 2.45) is 0 Å². The lowest BCUT2D eigenvalue weighted by molar-refractivity contribution is -0.385. The predicted molar refractivity (Wildman–Crippen MR) is 226 cm³/mol. The number of hydrogen-bond acceptors (Lipinski definition) is 12. The molecule has 2 heterocycles. The summed E-state index contributed by atoms with van der Waals surface area (Å²) >= 11 is 0. The van der Waals surface area contributed by atoms with E-state index < -0.39 is 9.85 Å². The number of hydrogen-bond donors (Lipinski definition) is 4. The van der Waals surface area contributed by atoms with E-state index >= 15 is 0 Å². The number of nitro benzene ring substituents is 2. The second kappa shape index (κ2) is 19.7. The van der Waals surface area contributed by atoms with Gasteiger partial charge in [0, 0.05) is 97.7 Å². The molecule has 0 saturated heterocycles. The van der Waals surface area contributed by atoms with Crippen LogP contribution < -0.4 is 20.1 Å². The van der Waals surface area contributed by atoms with Crippen molar-refractivity contribution in [3.63, 3.8) is 0 Å². The van der Waals surface area contributed by atoms with E-state index in [9.17, 15) is 30.4 Å². The van der Waals surface area contributed by atoms with Crippen LogP contribution in [0.3, 0.4) is 0 Å². The molecule has 7 rings (SSSR count). The van der Waals surface area contributed by atoms with Gasteiger partial charge in [-0.25, -0.2) is 0 Å². The van der Waals surface area contributed by atoms with Crippen LogP contribution in [0.4, 0.5) is 11.4 Å². The van der Waals surface area contributed by atoms with E-state index in [-0.39, 0.29) is 48.6 Å². The first-order valence-corrected chi connectivity index (χ1v) is 19.9. The molecule has 0 fully saturated rings. The highest BCUT2D eigenvalue weighted by atomic mass is 16.6. The average molecular weight is 811 g/mol. The Hall–Kier alpha value is -6.90. The predicted octanol–water partition coefficient (Wildman–Crippen LogP) is 7.50. The summed E-state index contributed by atoms with van der Waals surface area (Å²) in [7, 11) is 0. The summed E-state index contributed by atoms with van der Waals surface area (Å²) in [4.78, 5) is 32.4. The maximum Gasteiger partial charge on any atom is 0.270 e. The Morgan fingerprint density at radius 3 is 1.22 bits per heavy atom. The number of nitrogens with one attached hydrogen (secondary N) is 2. The van der Waals surface area contributed by atoms with E-state index in [1.807, 2.05) is 72.8 Å². The number of rotatable bonds is 16. The summed E-state index contributed by atoms with van der Waals surface area (Å²) in [6, 6.07) is 27.9. The third-order valence-electron chi connectivity index (χ3n) is 10.4. The van der Waals surface area contributed by atoms with Crippen molar-refractivity contribution in [3.8, 4) is 23.0 Å². The van der Waals surface area contributed by atoms with Crippen molar-refractivity contribution in [2.75, 3.05) is 26.3 Å². The van der Waals surface area contributed by atoms with Gasteiger partial charge in [-0.1, -0.05) is 48.5 Å². The molecule has 0 atom stereocenters. The average Bonchev–Trinajstić information content (AvgIpc) is 3.24. The van der Waals surface area contributed by atoms with Gasteiger partial charge in [0.2, 0.25) is 0 Å². The van der Waals surface area contributed by atoms with Crippen LogP contribution in [-0.2, 0) is 38.8 Å². The monoisotopic (exact) mass is 810 g/mol. The summed E-state index contributed by atoms with van der Waals surface area (Å²) in [5, 5.41) is 55.0. The molecule has 0 radical (unpaired) electrons. The molecule has 308 valence electrons. The number of aromatic hydroxyl groups is 2. The lowest BCUT2D eigenvalue weighted by Crippen LogP contribution is -2.18. The molecule has 0 spiro atoms. The Labute approximate surface area is 347 Å². The van der Waals surface area contributed by atoms with Gasteiger partial charge >= 0.3 is 0 Å². The number of phenols is 2. The molecule has 4 N–H and O–H groups in total. The third-order valence-corrected chi connectivity index (χ3v) is 10.4. The van der Waals surface area contributed by atoms with E-state index in [1.54, 1.807) is 12.4 Å². The SMILES string of the molecule is O=[N+]([O-])c1cc2c(O)c(c1)Cc1cccc(c1OCCCNCc1ccccn1)Cc1cc([N+](=O)[O-])cc(c1O)Cc1cccc(c1OCCCNCc1ccccn1)C2. The Morgan fingerprint density at radius 1 is 0.533 bits per heavy atom. The summed E-state index contributed by atoms with van der Waals surface area (Å²) in [5.41, 5.74) is 5.43. The molecule has 14 heteroatoms. The maximum absolute atomic E-state index is 12.3. The van der Waals surface area contributed by atoms with Gasteiger partial charge in [0.05, 0.1) is 34.4 Å². The molecule has 0 saturated carbocycles. The number of pyridine rings is 2. The topological polar surface area (TPSA) is 195 Å². The molecule has 1 aliphatic rings. The van der Waals surface area contributed by atoms with Crippen LogP contribution in [-0.4, -0.2) is 56.3 Å². The highest BCUT2D eigenvalue weighted by Crippen LogP contribution is 2.40. The normalized spacial score (nSPS) is 12.1. The van der Waals surface area contributed by atoms with Crippen molar-refractivity contribution in [1.82, 2.24) is 20.6 Å². The van der Waals surface area contributed by atoms with Gasteiger partial charge in [-0.2, -0.15) is 0 Å². The van der Waals surface area contributed by atoms with E-state index in [0.717, 1.165) is 11.4 Å².